The highest BCUT2D eigenvalue weighted by molar-refractivity contribution is 5.81. The zero-order valence-corrected chi connectivity index (χ0v) is 14.6. The van der Waals surface area contributed by atoms with Crippen LogP contribution in [0.1, 0.15) is 75.5 Å². The van der Waals surface area contributed by atoms with E-state index in [1.807, 2.05) is 4.90 Å². The second-order valence-corrected chi connectivity index (χ2v) is 7.56. The lowest BCUT2D eigenvalue weighted by molar-refractivity contribution is -0.133. The molecule has 1 aliphatic heterocycles. The molecule has 1 aromatic heterocycles. The van der Waals surface area contributed by atoms with Crippen molar-refractivity contribution in [1.29, 1.82) is 0 Å². The van der Waals surface area contributed by atoms with Gasteiger partial charge in [-0.3, -0.25) is 9.59 Å². The number of rotatable bonds is 6. The van der Waals surface area contributed by atoms with Crippen LogP contribution in [0.25, 0.3) is 0 Å². The number of hydrogen-bond acceptors (Lipinski definition) is 5. The maximum atomic E-state index is 12.4. The SMILES string of the molecule is O=C(CCc1nc(C2CCCN2C(=O)C2CC2)no1)NC1CCCC1. The number of nitrogens with one attached hydrogen (secondary N) is 1. The lowest BCUT2D eigenvalue weighted by atomic mass is 10.2. The molecular formula is C18H26N4O3. The highest BCUT2D eigenvalue weighted by atomic mass is 16.5. The van der Waals surface area contributed by atoms with Crippen LogP contribution in [-0.4, -0.2) is 39.4 Å². The second-order valence-electron chi connectivity index (χ2n) is 7.56. The van der Waals surface area contributed by atoms with E-state index in [1.54, 1.807) is 0 Å². The minimum atomic E-state index is -0.0575. The molecule has 7 nitrogen and oxygen atoms in total. The number of aryl methyl sites for hydroxylation is 1. The highest BCUT2D eigenvalue weighted by Gasteiger charge is 2.40. The van der Waals surface area contributed by atoms with Gasteiger partial charge >= 0.3 is 0 Å². The zero-order chi connectivity index (χ0) is 17.2. The van der Waals surface area contributed by atoms with E-state index in [9.17, 15) is 9.59 Å². The molecule has 0 radical (unpaired) electrons. The first-order valence-electron chi connectivity index (χ1n) is 9.63. The summed E-state index contributed by atoms with van der Waals surface area (Å²) in [4.78, 5) is 30.7. The molecule has 0 bridgehead atoms. The van der Waals surface area contributed by atoms with E-state index in [-0.39, 0.29) is 23.8 Å². The van der Waals surface area contributed by atoms with Crippen molar-refractivity contribution in [3.8, 4) is 0 Å². The third kappa shape index (κ3) is 3.85. The number of hydrogen-bond donors (Lipinski definition) is 1. The Kier molecular flexibility index (Phi) is 4.72. The molecule has 2 saturated carbocycles. The fourth-order valence-corrected chi connectivity index (χ4v) is 3.96. The standard InChI is InChI=1S/C18H26N4O3/c23-15(19-13-4-1-2-5-13)9-10-16-20-17(21-25-16)14-6-3-11-22(14)18(24)12-7-8-12/h12-14H,1-11H2,(H,19,23). The second kappa shape index (κ2) is 7.14. The molecule has 1 N–H and O–H groups in total. The van der Waals surface area contributed by atoms with E-state index in [4.69, 9.17) is 4.52 Å². The van der Waals surface area contributed by atoms with Crippen molar-refractivity contribution in [3.63, 3.8) is 0 Å². The molecule has 1 saturated heterocycles. The predicted molar refractivity (Wildman–Crippen MR) is 89.4 cm³/mol. The molecule has 1 aromatic rings. The zero-order valence-electron chi connectivity index (χ0n) is 14.6. The third-order valence-corrected chi connectivity index (χ3v) is 5.53. The van der Waals surface area contributed by atoms with Crippen molar-refractivity contribution in [3.05, 3.63) is 11.7 Å². The van der Waals surface area contributed by atoms with Gasteiger partial charge in [0, 0.05) is 31.3 Å². The lowest BCUT2D eigenvalue weighted by Gasteiger charge is -2.21. The molecule has 25 heavy (non-hydrogen) atoms. The van der Waals surface area contributed by atoms with Gasteiger partial charge in [0.05, 0.1) is 6.04 Å². The van der Waals surface area contributed by atoms with Gasteiger partial charge in [0.1, 0.15) is 0 Å². The minimum absolute atomic E-state index is 0.0538. The first kappa shape index (κ1) is 16.5. The molecule has 1 unspecified atom stereocenters. The Morgan fingerprint density at radius 1 is 1.12 bits per heavy atom. The summed E-state index contributed by atoms with van der Waals surface area (Å²) in [6.07, 6.45) is 9.29. The van der Waals surface area contributed by atoms with E-state index in [2.05, 4.69) is 15.5 Å². The Labute approximate surface area is 147 Å². The van der Waals surface area contributed by atoms with Crippen LogP contribution in [0.2, 0.25) is 0 Å². The third-order valence-electron chi connectivity index (χ3n) is 5.53. The van der Waals surface area contributed by atoms with Crippen LogP contribution in [0.4, 0.5) is 0 Å². The van der Waals surface area contributed by atoms with Gasteiger partial charge < -0.3 is 14.7 Å². The summed E-state index contributed by atoms with van der Waals surface area (Å²) in [6, 6.07) is 0.282. The summed E-state index contributed by atoms with van der Waals surface area (Å²) in [7, 11) is 0. The molecule has 7 heteroatoms. The molecule has 3 fully saturated rings. The number of aromatic nitrogens is 2. The minimum Gasteiger partial charge on any atom is -0.353 e. The molecule has 2 amide bonds. The van der Waals surface area contributed by atoms with Crippen molar-refractivity contribution in [1.82, 2.24) is 20.4 Å². The van der Waals surface area contributed by atoms with Crippen LogP contribution < -0.4 is 5.32 Å². The molecule has 4 rings (SSSR count). The number of amides is 2. The molecule has 136 valence electrons. The number of nitrogens with zero attached hydrogens (tertiary/aromatic N) is 3. The van der Waals surface area contributed by atoms with E-state index in [0.717, 1.165) is 45.1 Å². The van der Waals surface area contributed by atoms with Crippen LogP contribution >= 0.6 is 0 Å². The summed E-state index contributed by atoms with van der Waals surface area (Å²) >= 11 is 0. The van der Waals surface area contributed by atoms with Crippen molar-refractivity contribution in [2.75, 3.05) is 6.54 Å². The van der Waals surface area contributed by atoms with Gasteiger partial charge in [0.2, 0.25) is 17.7 Å². The highest BCUT2D eigenvalue weighted by Crippen LogP contribution is 2.37. The number of carbonyl (C=O) groups excluding carboxylic acids is 2. The summed E-state index contributed by atoms with van der Waals surface area (Å²) in [6.45, 7) is 0.785. The topological polar surface area (TPSA) is 88.3 Å². The van der Waals surface area contributed by atoms with Crippen LogP contribution in [0.5, 0.6) is 0 Å². The van der Waals surface area contributed by atoms with Crippen LogP contribution in [-0.2, 0) is 16.0 Å². The van der Waals surface area contributed by atoms with E-state index in [1.165, 1.54) is 12.8 Å². The van der Waals surface area contributed by atoms with Gasteiger partial charge in [0.15, 0.2) is 5.82 Å². The van der Waals surface area contributed by atoms with Gasteiger partial charge in [-0.1, -0.05) is 18.0 Å². The molecule has 0 spiro atoms. The molecule has 1 atom stereocenters. The van der Waals surface area contributed by atoms with Crippen LogP contribution in [0.15, 0.2) is 4.52 Å². The maximum absolute atomic E-state index is 12.4. The summed E-state index contributed by atoms with van der Waals surface area (Å²) < 4.78 is 5.32. The number of likely N-dealkylation sites (tertiary alicyclic amines) is 1. The normalized spacial score (nSPS) is 24.0. The first-order chi connectivity index (χ1) is 12.2. The lowest BCUT2D eigenvalue weighted by Crippen LogP contribution is -2.32. The molecule has 3 aliphatic rings. The van der Waals surface area contributed by atoms with Gasteiger partial charge in [-0.25, -0.2) is 0 Å². The van der Waals surface area contributed by atoms with Crippen molar-refractivity contribution in [2.45, 2.75) is 76.3 Å². The fourth-order valence-electron chi connectivity index (χ4n) is 3.96. The smallest absolute Gasteiger partial charge is 0.227 e. The van der Waals surface area contributed by atoms with Gasteiger partial charge in [-0.05, 0) is 38.5 Å². The molecule has 2 aliphatic carbocycles. The van der Waals surface area contributed by atoms with Crippen molar-refractivity contribution in [2.24, 2.45) is 5.92 Å². The van der Waals surface area contributed by atoms with Crippen LogP contribution in [0.3, 0.4) is 0 Å². The summed E-state index contributed by atoms with van der Waals surface area (Å²) in [5, 5.41) is 7.15. The summed E-state index contributed by atoms with van der Waals surface area (Å²) in [5.41, 5.74) is 0. The molecule has 2 heterocycles. The van der Waals surface area contributed by atoms with E-state index >= 15 is 0 Å². The predicted octanol–water partition coefficient (Wildman–Crippen LogP) is 2.13. The maximum Gasteiger partial charge on any atom is 0.227 e. The van der Waals surface area contributed by atoms with Gasteiger partial charge in [-0.2, -0.15) is 4.98 Å². The Hall–Kier alpha value is -1.92. The monoisotopic (exact) mass is 346 g/mol. The van der Waals surface area contributed by atoms with Crippen LogP contribution in [0, 0.1) is 5.92 Å². The van der Waals surface area contributed by atoms with Crippen molar-refractivity contribution >= 4 is 11.8 Å². The fraction of sp³-hybridized carbons (Fsp3) is 0.778. The largest absolute Gasteiger partial charge is 0.353 e. The number of carbonyl (C=O) groups is 2. The Morgan fingerprint density at radius 2 is 1.92 bits per heavy atom. The Balaban J connectivity index is 1.30. The molecular weight excluding hydrogens is 320 g/mol. The molecule has 0 aromatic carbocycles. The van der Waals surface area contributed by atoms with Crippen molar-refractivity contribution < 1.29 is 14.1 Å². The first-order valence-corrected chi connectivity index (χ1v) is 9.63. The van der Waals surface area contributed by atoms with Gasteiger partial charge in [-0.15, -0.1) is 0 Å². The van der Waals surface area contributed by atoms with E-state index in [0.29, 0.717) is 30.6 Å². The average molecular weight is 346 g/mol. The Bertz CT molecular complexity index is 634. The van der Waals surface area contributed by atoms with Gasteiger partial charge in [0.25, 0.3) is 0 Å². The average Bonchev–Trinajstić information content (AvgIpc) is 3.03. The quantitative estimate of drug-likeness (QED) is 0.852. The summed E-state index contributed by atoms with van der Waals surface area (Å²) in [5.74, 6) is 1.59. The Morgan fingerprint density at radius 3 is 2.68 bits per heavy atom. The van der Waals surface area contributed by atoms with E-state index < -0.39 is 0 Å².